The van der Waals surface area contributed by atoms with Gasteiger partial charge in [0.1, 0.15) is 0 Å². The van der Waals surface area contributed by atoms with E-state index >= 15 is 0 Å². The number of hydrogen-bond acceptors (Lipinski definition) is 4. The molecule has 1 heterocycles. The largest absolute Gasteiger partial charge is 0.399 e. The van der Waals surface area contributed by atoms with E-state index in [2.05, 4.69) is 5.32 Å². The Morgan fingerprint density at radius 1 is 1.45 bits per heavy atom. The summed E-state index contributed by atoms with van der Waals surface area (Å²) in [5, 5.41) is 12.8. The maximum Gasteiger partial charge on any atom is 0.261 e. The first-order valence-corrected chi connectivity index (χ1v) is 7.60. The van der Waals surface area contributed by atoms with Crippen LogP contribution in [-0.4, -0.2) is 24.2 Å². The third kappa shape index (κ3) is 3.71. The zero-order valence-corrected chi connectivity index (χ0v) is 12.4. The van der Waals surface area contributed by atoms with Crippen LogP contribution in [0.5, 0.6) is 0 Å². The molecule has 0 radical (unpaired) electrons. The molecular weight excluding hydrogens is 272 g/mol. The summed E-state index contributed by atoms with van der Waals surface area (Å²) in [7, 11) is 0. The normalized spacial score (nSPS) is 12.5. The van der Waals surface area contributed by atoms with Gasteiger partial charge in [0.15, 0.2) is 0 Å². The second-order valence-electron chi connectivity index (χ2n) is 5.09. The quantitative estimate of drug-likeness (QED) is 0.566. The van der Waals surface area contributed by atoms with Gasteiger partial charge in [-0.25, -0.2) is 0 Å². The van der Waals surface area contributed by atoms with Crippen LogP contribution in [0.25, 0.3) is 10.1 Å². The van der Waals surface area contributed by atoms with E-state index in [-0.39, 0.29) is 12.5 Å². The molecule has 0 aliphatic rings. The third-order valence-corrected chi connectivity index (χ3v) is 4.35. The minimum absolute atomic E-state index is 0.0403. The van der Waals surface area contributed by atoms with E-state index in [0.29, 0.717) is 23.0 Å². The standard InChI is InChI=1S/C15H20N2O2S/c1-10(9-18)3-2-6-17-15(19)14-8-11-7-12(16)4-5-13(11)20-14/h4-5,7-8,10,18H,2-3,6,9,16H2,1H3,(H,17,19). The first-order chi connectivity index (χ1) is 9.60. The van der Waals surface area contributed by atoms with Crippen molar-refractivity contribution in [2.24, 2.45) is 5.92 Å². The number of nitrogen functional groups attached to an aromatic ring is 1. The molecule has 0 saturated heterocycles. The van der Waals surface area contributed by atoms with Gasteiger partial charge in [-0.05, 0) is 48.4 Å². The summed E-state index contributed by atoms with van der Waals surface area (Å²) in [5.74, 6) is 0.251. The predicted octanol–water partition coefficient (Wildman–Crippen LogP) is 2.62. The maximum atomic E-state index is 12.0. The molecule has 0 spiro atoms. The van der Waals surface area contributed by atoms with E-state index in [4.69, 9.17) is 10.8 Å². The average molecular weight is 292 g/mol. The molecule has 108 valence electrons. The van der Waals surface area contributed by atoms with E-state index < -0.39 is 0 Å². The van der Waals surface area contributed by atoms with E-state index in [1.165, 1.54) is 11.3 Å². The van der Waals surface area contributed by atoms with Crippen LogP contribution in [0.15, 0.2) is 24.3 Å². The highest BCUT2D eigenvalue weighted by atomic mass is 32.1. The van der Waals surface area contributed by atoms with Crippen molar-refractivity contribution in [2.75, 3.05) is 18.9 Å². The van der Waals surface area contributed by atoms with Crippen LogP contribution in [0.2, 0.25) is 0 Å². The SMILES string of the molecule is CC(CO)CCCNC(=O)c1cc2cc(N)ccc2s1. The molecule has 0 saturated carbocycles. The lowest BCUT2D eigenvalue weighted by Crippen LogP contribution is -2.24. The summed E-state index contributed by atoms with van der Waals surface area (Å²) in [4.78, 5) is 12.7. The zero-order chi connectivity index (χ0) is 14.5. The van der Waals surface area contributed by atoms with Crippen LogP contribution >= 0.6 is 11.3 Å². The summed E-state index contributed by atoms with van der Waals surface area (Å²) in [6.07, 6.45) is 1.80. The molecule has 2 aromatic rings. The van der Waals surface area contributed by atoms with Crippen LogP contribution < -0.4 is 11.1 Å². The van der Waals surface area contributed by atoms with Crippen LogP contribution in [0.3, 0.4) is 0 Å². The minimum atomic E-state index is -0.0403. The highest BCUT2D eigenvalue weighted by molar-refractivity contribution is 7.20. The predicted molar refractivity (Wildman–Crippen MR) is 84.1 cm³/mol. The first-order valence-electron chi connectivity index (χ1n) is 6.78. The molecule has 1 amide bonds. The van der Waals surface area contributed by atoms with Gasteiger partial charge in [-0.3, -0.25) is 4.79 Å². The number of carbonyl (C=O) groups is 1. The number of carbonyl (C=O) groups excluding carboxylic acids is 1. The van der Waals surface area contributed by atoms with Crippen molar-refractivity contribution in [2.45, 2.75) is 19.8 Å². The molecule has 1 aromatic carbocycles. The summed E-state index contributed by atoms with van der Waals surface area (Å²) in [6, 6.07) is 7.54. The molecule has 0 fully saturated rings. The van der Waals surface area contributed by atoms with E-state index in [9.17, 15) is 4.79 Å². The molecular formula is C15H20N2O2S. The Bertz CT molecular complexity index is 595. The van der Waals surface area contributed by atoms with Gasteiger partial charge in [-0.15, -0.1) is 11.3 Å². The number of benzene rings is 1. The number of rotatable bonds is 6. The molecule has 0 bridgehead atoms. The maximum absolute atomic E-state index is 12.0. The summed E-state index contributed by atoms with van der Waals surface area (Å²) >= 11 is 1.48. The van der Waals surface area contributed by atoms with Gasteiger partial charge in [0.05, 0.1) is 4.88 Å². The third-order valence-electron chi connectivity index (χ3n) is 3.24. The van der Waals surface area contributed by atoms with Gasteiger partial charge in [0.25, 0.3) is 5.91 Å². The second-order valence-corrected chi connectivity index (χ2v) is 6.18. The molecule has 0 aliphatic heterocycles. The lowest BCUT2D eigenvalue weighted by Gasteiger charge is -2.07. The van der Waals surface area contributed by atoms with Crippen molar-refractivity contribution in [3.05, 3.63) is 29.1 Å². The fourth-order valence-corrected chi connectivity index (χ4v) is 2.96. The number of thiophene rings is 1. The highest BCUT2D eigenvalue weighted by Crippen LogP contribution is 2.27. The molecule has 0 aliphatic carbocycles. The molecule has 4 N–H and O–H groups in total. The molecule has 20 heavy (non-hydrogen) atoms. The van der Waals surface area contributed by atoms with Gasteiger partial charge < -0.3 is 16.2 Å². The number of nitrogens with one attached hydrogen (secondary N) is 1. The van der Waals surface area contributed by atoms with Gasteiger partial charge in [0.2, 0.25) is 0 Å². The molecule has 1 atom stereocenters. The van der Waals surface area contributed by atoms with Crippen molar-refractivity contribution in [3.8, 4) is 0 Å². The van der Waals surface area contributed by atoms with Gasteiger partial charge in [-0.1, -0.05) is 6.92 Å². The number of aliphatic hydroxyl groups is 1. The summed E-state index contributed by atoms with van der Waals surface area (Å²) < 4.78 is 1.07. The minimum Gasteiger partial charge on any atom is -0.399 e. The molecule has 5 heteroatoms. The molecule has 1 unspecified atom stereocenters. The Balaban J connectivity index is 1.91. The number of fused-ring (bicyclic) bond motifs is 1. The number of aliphatic hydroxyl groups excluding tert-OH is 1. The number of hydrogen-bond donors (Lipinski definition) is 3. The lowest BCUT2D eigenvalue weighted by molar-refractivity contribution is 0.0956. The zero-order valence-electron chi connectivity index (χ0n) is 11.6. The van der Waals surface area contributed by atoms with Crippen LogP contribution in [0.1, 0.15) is 29.4 Å². The number of amides is 1. The van der Waals surface area contributed by atoms with E-state index in [1.807, 2.05) is 31.2 Å². The van der Waals surface area contributed by atoms with Gasteiger partial charge >= 0.3 is 0 Å². The smallest absolute Gasteiger partial charge is 0.261 e. The van der Waals surface area contributed by atoms with Crippen molar-refractivity contribution < 1.29 is 9.90 Å². The monoisotopic (exact) mass is 292 g/mol. The van der Waals surface area contributed by atoms with Crippen molar-refractivity contribution in [1.29, 1.82) is 0 Å². The fraction of sp³-hybridized carbons (Fsp3) is 0.400. The summed E-state index contributed by atoms with van der Waals surface area (Å²) in [5.41, 5.74) is 6.44. The second kappa shape index (κ2) is 6.72. The van der Waals surface area contributed by atoms with Gasteiger partial charge in [-0.2, -0.15) is 0 Å². The van der Waals surface area contributed by atoms with Crippen molar-refractivity contribution >= 4 is 33.0 Å². The Labute approximate surface area is 122 Å². The van der Waals surface area contributed by atoms with E-state index in [0.717, 1.165) is 22.9 Å². The first kappa shape index (κ1) is 14.8. The molecule has 1 aromatic heterocycles. The highest BCUT2D eigenvalue weighted by Gasteiger charge is 2.10. The average Bonchev–Trinajstić information content (AvgIpc) is 2.86. The molecule has 2 rings (SSSR count). The fourth-order valence-electron chi connectivity index (χ4n) is 2.00. The number of anilines is 1. The van der Waals surface area contributed by atoms with Crippen LogP contribution in [0, 0.1) is 5.92 Å². The summed E-state index contributed by atoms with van der Waals surface area (Å²) in [6.45, 7) is 2.84. The Morgan fingerprint density at radius 3 is 3.00 bits per heavy atom. The van der Waals surface area contributed by atoms with Crippen molar-refractivity contribution in [1.82, 2.24) is 5.32 Å². The lowest BCUT2D eigenvalue weighted by atomic mass is 10.1. The van der Waals surface area contributed by atoms with Gasteiger partial charge in [0, 0.05) is 23.5 Å². The van der Waals surface area contributed by atoms with Crippen molar-refractivity contribution in [3.63, 3.8) is 0 Å². The topological polar surface area (TPSA) is 75.3 Å². The Hall–Kier alpha value is -1.59. The van der Waals surface area contributed by atoms with Crippen LogP contribution in [0.4, 0.5) is 5.69 Å². The van der Waals surface area contributed by atoms with Crippen LogP contribution in [-0.2, 0) is 0 Å². The van der Waals surface area contributed by atoms with E-state index in [1.54, 1.807) is 0 Å². The molecule has 4 nitrogen and oxygen atoms in total. The number of nitrogens with two attached hydrogens (primary N) is 1. The Kier molecular flexibility index (Phi) is 4.98. The Morgan fingerprint density at radius 2 is 2.25 bits per heavy atom.